The van der Waals surface area contributed by atoms with Crippen LogP contribution in [0.5, 0.6) is 0 Å². The fourth-order valence-corrected chi connectivity index (χ4v) is 3.68. The van der Waals surface area contributed by atoms with Crippen molar-refractivity contribution >= 4 is 29.3 Å². The predicted molar refractivity (Wildman–Crippen MR) is 103 cm³/mol. The van der Waals surface area contributed by atoms with Gasteiger partial charge < -0.3 is 20.1 Å². The van der Waals surface area contributed by atoms with E-state index < -0.39 is 5.97 Å². The number of nitrogens with one attached hydrogen (secondary N) is 1. The van der Waals surface area contributed by atoms with Crippen LogP contribution in [0, 0.1) is 0 Å². The first-order chi connectivity index (χ1) is 13.1. The average molecular weight is 384 g/mol. The molecule has 0 unspecified atom stereocenters. The summed E-state index contributed by atoms with van der Waals surface area (Å²) >= 11 is 1.56. The molecule has 1 amide bonds. The number of ether oxygens (including phenoxy) is 1. The van der Waals surface area contributed by atoms with E-state index >= 15 is 0 Å². The van der Waals surface area contributed by atoms with Crippen molar-refractivity contribution in [1.29, 1.82) is 0 Å². The van der Waals surface area contributed by atoms with E-state index in [1.54, 1.807) is 11.8 Å². The third-order valence-electron chi connectivity index (χ3n) is 4.07. The monoisotopic (exact) mass is 384 g/mol. The number of aliphatic hydroxyl groups excluding tert-OH is 1. The van der Waals surface area contributed by atoms with Crippen molar-refractivity contribution in [3.8, 4) is 0 Å². The van der Waals surface area contributed by atoms with Crippen LogP contribution in [0.4, 0.5) is 5.69 Å². The van der Waals surface area contributed by atoms with Gasteiger partial charge in [0.05, 0.1) is 31.5 Å². The summed E-state index contributed by atoms with van der Waals surface area (Å²) in [6, 6.07) is 17.5. The van der Waals surface area contributed by atoms with Gasteiger partial charge in [0.25, 0.3) is 5.91 Å². The molecular weight excluding hydrogens is 364 g/mol. The van der Waals surface area contributed by atoms with E-state index in [2.05, 4.69) is 5.32 Å². The smallest absolute Gasteiger partial charge is 0.337 e. The number of para-hydroxylation sites is 1. The maximum Gasteiger partial charge on any atom is 0.337 e. The topological polar surface area (TPSA) is 78.9 Å². The van der Waals surface area contributed by atoms with Crippen LogP contribution in [0.15, 0.2) is 75.7 Å². The Morgan fingerprint density at radius 2 is 1.89 bits per heavy atom. The van der Waals surface area contributed by atoms with E-state index in [9.17, 15) is 9.59 Å². The van der Waals surface area contributed by atoms with Crippen LogP contribution in [0.3, 0.4) is 0 Å². The number of nitrogens with zero attached hydrogens (tertiary/aromatic N) is 1. The van der Waals surface area contributed by atoms with Crippen molar-refractivity contribution in [3.05, 3.63) is 65.9 Å². The van der Waals surface area contributed by atoms with Gasteiger partial charge in [0, 0.05) is 16.3 Å². The molecule has 1 aliphatic heterocycles. The Morgan fingerprint density at radius 1 is 1.19 bits per heavy atom. The lowest BCUT2D eigenvalue weighted by atomic mass is 10.2. The Labute approximate surface area is 161 Å². The molecule has 0 aliphatic carbocycles. The molecule has 0 aromatic heterocycles. The van der Waals surface area contributed by atoms with Gasteiger partial charge >= 0.3 is 5.97 Å². The maximum absolute atomic E-state index is 12.7. The summed E-state index contributed by atoms with van der Waals surface area (Å²) in [5, 5.41) is 12.3. The largest absolute Gasteiger partial charge is 0.466 e. The lowest BCUT2D eigenvalue weighted by Crippen LogP contribution is -2.31. The number of rotatable bonds is 7. The number of benzene rings is 2. The molecule has 0 fully saturated rings. The number of carbonyl (C=O) groups is 2. The number of anilines is 1. The molecule has 27 heavy (non-hydrogen) atoms. The highest BCUT2D eigenvalue weighted by Crippen LogP contribution is 2.35. The highest BCUT2D eigenvalue weighted by molar-refractivity contribution is 7.99. The van der Waals surface area contributed by atoms with Crippen molar-refractivity contribution in [3.63, 3.8) is 0 Å². The molecule has 1 heterocycles. The van der Waals surface area contributed by atoms with E-state index in [1.165, 1.54) is 12.0 Å². The van der Waals surface area contributed by atoms with Gasteiger partial charge in [-0.3, -0.25) is 4.79 Å². The van der Waals surface area contributed by atoms with Crippen LogP contribution in [0.1, 0.15) is 0 Å². The summed E-state index contributed by atoms with van der Waals surface area (Å²) in [4.78, 5) is 28.2. The van der Waals surface area contributed by atoms with Gasteiger partial charge in [-0.1, -0.05) is 42.1 Å². The Balaban J connectivity index is 1.90. The summed E-state index contributed by atoms with van der Waals surface area (Å²) in [6.07, 6.45) is 0. The van der Waals surface area contributed by atoms with Crippen molar-refractivity contribution in [1.82, 2.24) is 4.90 Å². The van der Waals surface area contributed by atoms with Crippen LogP contribution < -0.4 is 5.32 Å². The second-order valence-electron chi connectivity index (χ2n) is 5.83. The standard InChI is InChI=1S/C20H20N2O4S/c1-26-20(25)15-13-22(11-12-23)19(24)18(15)21-16-9-5-6-10-17(16)27-14-7-3-2-4-8-14/h2-10,21,23H,11-13H2,1H3. The molecule has 2 aromatic rings. The van der Waals surface area contributed by atoms with Crippen molar-refractivity contribution in [2.24, 2.45) is 0 Å². The molecule has 0 saturated heterocycles. The number of carbonyl (C=O) groups excluding carboxylic acids is 2. The maximum atomic E-state index is 12.7. The van der Waals surface area contributed by atoms with Gasteiger partial charge in [0.1, 0.15) is 5.70 Å². The average Bonchev–Trinajstić information content (AvgIpc) is 3.00. The van der Waals surface area contributed by atoms with Gasteiger partial charge in [-0.05, 0) is 24.3 Å². The number of hydrogen-bond donors (Lipinski definition) is 2. The van der Waals surface area contributed by atoms with E-state index in [0.717, 1.165) is 15.5 Å². The zero-order chi connectivity index (χ0) is 19.2. The predicted octanol–water partition coefficient (Wildman–Crippen LogP) is 2.51. The highest BCUT2D eigenvalue weighted by Gasteiger charge is 2.34. The SMILES string of the molecule is COC(=O)C1=C(Nc2ccccc2Sc2ccccc2)C(=O)N(CCO)C1. The van der Waals surface area contributed by atoms with Crippen LogP contribution >= 0.6 is 11.8 Å². The van der Waals surface area contributed by atoms with Gasteiger partial charge in [-0.2, -0.15) is 0 Å². The van der Waals surface area contributed by atoms with E-state index in [0.29, 0.717) is 0 Å². The normalized spacial score (nSPS) is 13.9. The summed E-state index contributed by atoms with van der Waals surface area (Å²) in [5.41, 5.74) is 1.17. The molecule has 6 nitrogen and oxygen atoms in total. The number of hydrogen-bond acceptors (Lipinski definition) is 6. The highest BCUT2D eigenvalue weighted by atomic mass is 32.2. The van der Waals surface area contributed by atoms with Crippen LogP contribution in [-0.4, -0.2) is 48.7 Å². The molecule has 2 aromatic carbocycles. The van der Waals surface area contributed by atoms with Crippen molar-refractivity contribution < 1.29 is 19.4 Å². The summed E-state index contributed by atoms with van der Waals surface area (Å²) < 4.78 is 4.82. The first-order valence-electron chi connectivity index (χ1n) is 8.44. The van der Waals surface area contributed by atoms with Crippen LogP contribution in [0.25, 0.3) is 0 Å². The van der Waals surface area contributed by atoms with Crippen molar-refractivity contribution in [2.45, 2.75) is 9.79 Å². The molecule has 0 radical (unpaired) electrons. The first kappa shape index (κ1) is 19.0. The number of amides is 1. The molecule has 2 N–H and O–H groups in total. The van der Waals surface area contributed by atoms with Gasteiger partial charge in [0.15, 0.2) is 0 Å². The summed E-state index contributed by atoms with van der Waals surface area (Å²) in [6.45, 7) is 0.0984. The first-order valence-corrected chi connectivity index (χ1v) is 9.26. The minimum absolute atomic E-state index is 0.113. The number of esters is 1. The fraction of sp³-hybridized carbons (Fsp3) is 0.200. The summed E-state index contributed by atoms with van der Waals surface area (Å²) in [5.74, 6) is -0.886. The zero-order valence-corrected chi connectivity index (χ0v) is 15.7. The van der Waals surface area contributed by atoms with E-state index in [1.807, 2.05) is 54.6 Å². The molecule has 0 spiro atoms. The molecular formula is C20H20N2O4S. The van der Waals surface area contributed by atoms with E-state index in [-0.39, 0.29) is 36.9 Å². The Kier molecular flexibility index (Phi) is 6.16. The lowest BCUT2D eigenvalue weighted by molar-refractivity contribution is -0.136. The zero-order valence-electron chi connectivity index (χ0n) is 14.8. The molecule has 0 saturated carbocycles. The molecule has 0 bridgehead atoms. The number of methoxy groups -OCH3 is 1. The second-order valence-corrected chi connectivity index (χ2v) is 6.95. The van der Waals surface area contributed by atoms with Crippen LogP contribution in [-0.2, 0) is 14.3 Å². The second kappa shape index (κ2) is 8.75. The Morgan fingerprint density at radius 3 is 2.59 bits per heavy atom. The third kappa shape index (κ3) is 4.32. The van der Waals surface area contributed by atoms with Crippen LogP contribution in [0.2, 0.25) is 0 Å². The Bertz CT molecular complexity index is 867. The quantitative estimate of drug-likeness (QED) is 0.714. The molecule has 7 heteroatoms. The fourth-order valence-electron chi connectivity index (χ4n) is 2.76. The van der Waals surface area contributed by atoms with Gasteiger partial charge in [-0.25, -0.2) is 4.79 Å². The minimum Gasteiger partial charge on any atom is -0.466 e. The van der Waals surface area contributed by atoms with Gasteiger partial charge in [0.2, 0.25) is 0 Å². The number of aliphatic hydroxyl groups is 1. The lowest BCUT2D eigenvalue weighted by Gasteiger charge is -2.16. The Hall–Kier alpha value is -2.77. The van der Waals surface area contributed by atoms with E-state index in [4.69, 9.17) is 9.84 Å². The molecule has 3 rings (SSSR count). The number of β-amino-alcohol motifs (C(OH)–C–C–N with tert-alkyl or cyclic N) is 1. The minimum atomic E-state index is -0.556. The molecule has 1 aliphatic rings. The van der Waals surface area contributed by atoms with Gasteiger partial charge in [-0.15, -0.1) is 0 Å². The third-order valence-corrected chi connectivity index (χ3v) is 5.16. The molecule has 0 atom stereocenters. The van der Waals surface area contributed by atoms with Crippen molar-refractivity contribution in [2.75, 3.05) is 32.1 Å². The molecule has 140 valence electrons. The summed E-state index contributed by atoms with van der Waals surface area (Å²) in [7, 11) is 1.28.